The number of hydrogen-bond acceptors (Lipinski definition) is 3. The van der Waals surface area contributed by atoms with Crippen LogP contribution in [0.1, 0.15) is 27.2 Å². The second-order valence-corrected chi connectivity index (χ2v) is 6.84. The summed E-state index contributed by atoms with van der Waals surface area (Å²) in [5.41, 5.74) is 5.84. The normalized spacial score (nSPS) is 14.5. The van der Waals surface area contributed by atoms with E-state index >= 15 is 0 Å². The summed E-state index contributed by atoms with van der Waals surface area (Å²) in [7, 11) is 0. The molecule has 0 aliphatic rings. The van der Waals surface area contributed by atoms with Crippen molar-refractivity contribution in [2.24, 2.45) is 11.7 Å². The molecule has 1 unspecified atom stereocenters. The van der Waals surface area contributed by atoms with Crippen LogP contribution in [0.25, 0.3) is 10.8 Å². The SMILES string of the molecule is CC(C)CC(C)(CN)Nc1nccc2c(Br)cccc12. The van der Waals surface area contributed by atoms with E-state index in [1.165, 1.54) is 0 Å². The third kappa shape index (κ3) is 3.30. The number of nitrogens with zero attached hydrogens (tertiary/aromatic N) is 1. The standard InChI is InChI=1S/C16H22BrN3/c1-11(2)9-16(3,10-18)20-15-13-5-4-6-14(17)12(13)7-8-19-15/h4-8,11H,9-10,18H2,1-3H3,(H,19,20). The first kappa shape index (κ1) is 15.3. The van der Waals surface area contributed by atoms with Crippen molar-refractivity contribution in [3.63, 3.8) is 0 Å². The molecule has 1 heterocycles. The van der Waals surface area contributed by atoms with E-state index in [0.29, 0.717) is 12.5 Å². The molecular formula is C16H22BrN3. The van der Waals surface area contributed by atoms with Gasteiger partial charge in [-0.3, -0.25) is 0 Å². The smallest absolute Gasteiger partial charge is 0.134 e. The Morgan fingerprint density at radius 3 is 2.70 bits per heavy atom. The van der Waals surface area contributed by atoms with Gasteiger partial charge in [0.1, 0.15) is 5.82 Å². The first-order chi connectivity index (χ1) is 9.45. The molecule has 20 heavy (non-hydrogen) atoms. The molecule has 0 aliphatic carbocycles. The third-order valence-electron chi connectivity index (χ3n) is 3.48. The van der Waals surface area contributed by atoms with Crippen LogP contribution in [0, 0.1) is 5.92 Å². The van der Waals surface area contributed by atoms with Gasteiger partial charge in [0, 0.05) is 33.5 Å². The predicted molar refractivity (Wildman–Crippen MR) is 90.0 cm³/mol. The van der Waals surface area contributed by atoms with Crippen LogP contribution >= 0.6 is 15.9 Å². The van der Waals surface area contributed by atoms with Crippen LogP contribution in [0.3, 0.4) is 0 Å². The maximum atomic E-state index is 5.98. The van der Waals surface area contributed by atoms with Gasteiger partial charge in [0.2, 0.25) is 0 Å². The highest BCUT2D eigenvalue weighted by Crippen LogP contribution is 2.30. The maximum Gasteiger partial charge on any atom is 0.134 e. The Morgan fingerprint density at radius 1 is 1.30 bits per heavy atom. The molecule has 0 radical (unpaired) electrons. The molecule has 3 N–H and O–H groups in total. The average molecular weight is 336 g/mol. The Bertz CT molecular complexity index is 597. The third-order valence-corrected chi connectivity index (χ3v) is 4.17. The second kappa shape index (κ2) is 6.10. The van der Waals surface area contributed by atoms with Crippen molar-refractivity contribution < 1.29 is 0 Å². The van der Waals surface area contributed by atoms with Crippen LogP contribution in [0.5, 0.6) is 0 Å². The lowest BCUT2D eigenvalue weighted by molar-refractivity contribution is 0.406. The van der Waals surface area contributed by atoms with E-state index in [4.69, 9.17) is 5.73 Å². The van der Waals surface area contributed by atoms with E-state index in [9.17, 15) is 0 Å². The van der Waals surface area contributed by atoms with E-state index in [2.05, 4.69) is 53.1 Å². The highest BCUT2D eigenvalue weighted by Gasteiger charge is 2.24. The van der Waals surface area contributed by atoms with Gasteiger partial charge in [-0.15, -0.1) is 0 Å². The zero-order valence-electron chi connectivity index (χ0n) is 12.3. The molecule has 4 heteroatoms. The van der Waals surface area contributed by atoms with Gasteiger partial charge in [-0.2, -0.15) is 0 Å². The molecule has 2 rings (SSSR count). The Hall–Kier alpha value is -1.13. The van der Waals surface area contributed by atoms with Crippen LogP contribution in [0.4, 0.5) is 5.82 Å². The lowest BCUT2D eigenvalue weighted by Gasteiger charge is -2.32. The first-order valence-corrected chi connectivity index (χ1v) is 7.76. The molecule has 1 aromatic heterocycles. The van der Waals surface area contributed by atoms with Crippen LogP contribution in [-0.4, -0.2) is 17.1 Å². The van der Waals surface area contributed by atoms with Gasteiger partial charge < -0.3 is 11.1 Å². The minimum atomic E-state index is -0.141. The fourth-order valence-corrected chi connectivity index (χ4v) is 3.14. The van der Waals surface area contributed by atoms with Crippen molar-refractivity contribution in [3.05, 3.63) is 34.9 Å². The minimum absolute atomic E-state index is 0.141. The fraction of sp³-hybridized carbons (Fsp3) is 0.438. The number of nitrogens with two attached hydrogens (primary N) is 1. The maximum absolute atomic E-state index is 5.98. The Labute approximate surface area is 129 Å². The first-order valence-electron chi connectivity index (χ1n) is 6.97. The minimum Gasteiger partial charge on any atom is -0.363 e. The molecule has 0 saturated carbocycles. The van der Waals surface area contributed by atoms with Crippen molar-refractivity contribution in [2.75, 3.05) is 11.9 Å². The van der Waals surface area contributed by atoms with Gasteiger partial charge in [0.15, 0.2) is 0 Å². The Morgan fingerprint density at radius 2 is 2.05 bits per heavy atom. The summed E-state index contributed by atoms with van der Waals surface area (Å²) >= 11 is 3.59. The number of fused-ring (bicyclic) bond motifs is 1. The molecule has 0 bridgehead atoms. The average Bonchev–Trinajstić information content (AvgIpc) is 2.39. The van der Waals surface area contributed by atoms with Gasteiger partial charge in [-0.05, 0) is 31.4 Å². The quantitative estimate of drug-likeness (QED) is 0.861. The van der Waals surface area contributed by atoms with Crippen LogP contribution in [0.15, 0.2) is 34.9 Å². The van der Waals surface area contributed by atoms with E-state index in [1.807, 2.05) is 24.4 Å². The lowest BCUT2D eigenvalue weighted by atomic mass is 9.90. The Kier molecular flexibility index (Phi) is 4.66. The van der Waals surface area contributed by atoms with Gasteiger partial charge in [0.25, 0.3) is 0 Å². The number of aromatic nitrogens is 1. The van der Waals surface area contributed by atoms with Crippen LogP contribution in [0.2, 0.25) is 0 Å². The van der Waals surface area contributed by atoms with Gasteiger partial charge in [-0.1, -0.05) is 41.9 Å². The van der Waals surface area contributed by atoms with Gasteiger partial charge >= 0.3 is 0 Å². The van der Waals surface area contributed by atoms with Crippen molar-refractivity contribution in [1.29, 1.82) is 0 Å². The number of rotatable bonds is 5. The second-order valence-electron chi connectivity index (χ2n) is 5.98. The summed E-state index contributed by atoms with van der Waals surface area (Å²) in [6.45, 7) is 7.16. The molecule has 108 valence electrons. The summed E-state index contributed by atoms with van der Waals surface area (Å²) in [5.74, 6) is 1.48. The summed E-state index contributed by atoms with van der Waals surface area (Å²) in [6.07, 6.45) is 2.84. The number of hydrogen-bond donors (Lipinski definition) is 2. The molecular weight excluding hydrogens is 314 g/mol. The zero-order valence-corrected chi connectivity index (χ0v) is 13.9. The highest BCUT2D eigenvalue weighted by molar-refractivity contribution is 9.10. The molecule has 0 saturated heterocycles. The van der Waals surface area contributed by atoms with E-state index in [1.54, 1.807) is 0 Å². The molecule has 0 amide bonds. The van der Waals surface area contributed by atoms with E-state index in [-0.39, 0.29) is 5.54 Å². The van der Waals surface area contributed by atoms with E-state index in [0.717, 1.165) is 27.5 Å². The van der Waals surface area contributed by atoms with Crippen molar-refractivity contribution in [1.82, 2.24) is 4.98 Å². The highest BCUT2D eigenvalue weighted by atomic mass is 79.9. The Balaban J connectivity index is 2.40. The van der Waals surface area contributed by atoms with Crippen molar-refractivity contribution in [3.8, 4) is 0 Å². The number of pyridine rings is 1. The predicted octanol–water partition coefficient (Wildman–Crippen LogP) is 4.17. The van der Waals surface area contributed by atoms with E-state index < -0.39 is 0 Å². The number of benzene rings is 1. The molecule has 2 aromatic rings. The number of nitrogens with one attached hydrogen (secondary N) is 1. The molecule has 0 aliphatic heterocycles. The largest absolute Gasteiger partial charge is 0.363 e. The van der Waals surface area contributed by atoms with Gasteiger partial charge in [0.05, 0.1) is 0 Å². The zero-order chi connectivity index (χ0) is 14.8. The molecule has 0 fully saturated rings. The topological polar surface area (TPSA) is 50.9 Å². The molecule has 1 aromatic carbocycles. The van der Waals surface area contributed by atoms with Crippen LogP contribution < -0.4 is 11.1 Å². The monoisotopic (exact) mass is 335 g/mol. The molecule has 3 nitrogen and oxygen atoms in total. The van der Waals surface area contributed by atoms with Crippen molar-refractivity contribution in [2.45, 2.75) is 32.7 Å². The summed E-state index contributed by atoms with van der Waals surface area (Å²) in [5, 5.41) is 5.83. The summed E-state index contributed by atoms with van der Waals surface area (Å²) in [6, 6.07) is 8.18. The number of anilines is 1. The van der Waals surface area contributed by atoms with Crippen molar-refractivity contribution >= 4 is 32.5 Å². The molecule has 1 atom stereocenters. The van der Waals surface area contributed by atoms with Crippen LogP contribution in [-0.2, 0) is 0 Å². The molecule has 0 spiro atoms. The number of halogens is 1. The van der Waals surface area contributed by atoms with Gasteiger partial charge in [-0.25, -0.2) is 4.98 Å². The summed E-state index contributed by atoms with van der Waals surface area (Å²) < 4.78 is 1.08. The summed E-state index contributed by atoms with van der Waals surface area (Å²) in [4.78, 5) is 4.50. The fourth-order valence-electron chi connectivity index (χ4n) is 2.64. The lowest BCUT2D eigenvalue weighted by Crippen LogP contribution is -2.43.